The summed E-state index contributed by atoms with van der Waals surface area (Å²) in [5, 5.41) is 0. The zero-order valence-corrected chi connectivity index (χ0v) is 6.62. The molecule has 0 N–H and O–H groups in total. The van der Waals surface area contributed by atoms with E-state index < -0.39 is 0 Å². The third kappa shape index (κ3) is 5.15. The Bertz CT molecular complexity index is 178. The molecule has 0 radical (unpaired) electrons. The molecule has 0 aliphatic heterocycles. The summed E-state index contributed by atoms with van der Waals surface area (Å²) in [6, 6.07) is 0. The van der Waals surface area contributed by atoms with E-state index in [1.54, 1.807) is 6.08 Å². The molecular weight excluding hydrogens is 140 g/mol. The van der Waals surface area contributed by atoms with E-state index in [-0.39, 0.29) is 6.61 Å². The predicted octanol–water partition coefficient (Wildman–Crippen LogP) is 1.85. The Labute approximate surface area is 66.9 Å². The molecule has 2 nitrogen and oxygen atoms in total. The van der Waals surface area contributed by atoms with Crippen molar-refractivity contribution in [3.05, 3.63) is 36.5 Å². The average molecular weight is 152 g/mol. The van der Waals surface area contributed by atoms with Gasteiger partial charge >= 0.3 is 0 Å². The topological polar surface area (TPSA) is 26.3 Å². The van der Waals surface area contributed by atoms with Gasteiger partial charge in [0, 0.05) is 0 Å². The van der Waals surface area contributed by atoms with Crippen molar-refractivity contribution in [2.75, 3.05) is 6.61 Å². The van der Waals surface area contributed by atoms with Crippen molar-refractivity contribution in [1.82, 2.24) is 0 Å². The maximum Gasteiger partial charge on any atom is 0.293 e. The Morgan fingerprint density at radius 3 is 2.82 bits per heavy atom. The van der Waals surface area contributed by atoms with Crippen molar-refractivity contribution in [2.45, 2.75) is 6.92 Å². The molecule has 2 heteroatoms. The lowest BCUT2D eigenvalue weighted by molar-refractivity contribution is -0.127. The minimum Gasteiger partial charge on any atom is -0.463 e. The van der Waals surface area contributed by atoms with Crippen LogP contribution >= 0.6 is 0 Å². The number of allylic oxidation sites excluding steroid dienone is 3. The van der Waals surface area contributed by atoms with Crippen molar-refractivity contribution in [3.63, 3.8) is 0 Å². The fourth-order valence-electron chi connectivity index (χ4n) is 0.525. The van der Waals surface area contributed by atoms with Gasteiger partial charge in [-0.05, 0) is 12.5 Å². The molecule has 0 saturated carbocycles. The SMILES string of the molecule is C=C/C(=C\C=C/C)COC=O. The predicted molar refractivity (Wildman–Crippen MR) is 45.1 cm³/mol. The van der Waals surface area contributed by atoms with Crippen LogP contribution in [0.25, 0.3) is 0 Å². The van der Waals surface area contributed by atoms with Crippen LogP contribution in [0.3, 0.4) is 0 Å². The number of ether oxygens (including phenoxy) is 1. The monoisotopic (exact) mass is 152 g/mol. The van der Waals surface area contributed by atoms with Crippen LogP contribution in [0.5, 0.6) is 0 Å². The maximum absolute atomic E-state index is 9.80. The van der Waals surface area contributed by atoms with E-state index in [2.05, 4.69) is 11.3 Å². The van der Waals surface area contributed by atoms with Crippen molar-refractivity contribution in [1.29, 1.82) is 0 Å². The quantitative estimate of drug-likeness (QED) is 0.444. The van der Waals surface area contributed by atoms with Crippen LogP contribution in [0.4, 0.5) is 0 Å². The standard InChI is InChI=1S/C9H12O2/c1-3-5-6-9(4-2)7-11-8-10/h3-6,8H,2,7H2,1H3/b5-3-,9-6+. The first-order valence-electron chi connectivity index (χ1n) is 3.34. The molecular formula is C9H12O2. The molecule has 0 spiro atoms. The molecule has 0 heterocycles. The smallest absolute Gasteiger partial charge is 0.293 e. The van der Waals surface area contributed by atoms with Crippen LogP contribution in [0.15, 0.2) is 36.5 Å². The van der Waals surface area contributed by atoms with Crippen LogP contribution < -0.4 is 0 Å². The van der Waals surface area contributed by atoms with Crippen LogP contribution in [-0.2, 0) is 9.53 Å². The lowest BCUT2D eigenvalue weighted by Crippen LogP contribution is -1.92. The van der Waals surface area contributed by atoms with Gasteiger partial charge in [0.15, 0.2) is 0 Å². The highest BCUT2D eigenvalue weighted by Gasteiger charge is 1.87. The Hall–Kier alpha value is -1.31. The Morgan fingerprint density at radius 1 is 1.64 bits per heavy atom. The summed E-state index contributed by atoms with van der Waals surface area (Å²) in [5.41, 5.74) is 0.884. The maximum atomic E-state index is 9.80. The number of rotatable bonds is 5. The van der Waals surface area contributed by atoms with E-state index in [9.17, 15) is 4.79 Å². The second kappa shape index (κ2) is 6.81. The van der Waals surface area contributed by atoms with Crippen molar-refractivity contribution in [3.8, 4) is 0 Å². The molecule has 11 heavy (non-hydrogen) atoms. The minimum absolute atomic E-state index is 0.289. The van der Waals surface area contributed by atoms with E-state index in [1.807, 2.05) is 25.2 Å². The van der Waals surface area contributed by atoms with Crippen LogP contribution in [-0.4, -0.2) is 13.1 Å². The third-order valence-electron chi connectivity index (χ3n) is 1.08. The molecule has 0 aromatic carbocycles. The van der Waals surface area contributed by atoms with Gasteiger partial charge in [-0.15, -0.1) is 0 Å². The normalized spacial score (nSPS) is 11.5. The molecule has 0 bridgehead atoms. The first-order chi connectivity index (χ1) is 5.35. The summed E-state index contributed by atoms with van der Waals surface area (Å²) in [6.45, 7) is 6.20. The van der Waals surface area contributed by atoms with E-state index in [0.717, 1.165) is 5.57 Å². The zero-order valence-electron chi connectivity index (χ0n) is 6.62. The zero-order chi connectivity index (χ0) is 8.53. The Balaban J connectivity index is 3.92. The summed E-state index contributed by atoms with van der Waals surface area (Å²) >= 11 is 0. The summed E-state index contributed by atoms with van der Waals surface area (Å²) in [4.78, 5) is 9.80. The number of hydrogen-bond acceptors (Lipinski definition) is 2. The van der Waals surface area contributed by atoms with Crippen molar-refractivity contribution < 1.29 is 9.53 Å². The minimum atomic E-state index is 0.289. The Morgan fingerprint density at radius 2 is 2.36 bits per heavy atom. The molecule has 0 aliphatic carbocycles. The van der Waals surface area contributed by atoms with E-state index in [0.29, 0.717) is 6.47 Å². The van der Waals surface area contributed by atoms with Crippen LogP contribution in [0, 0.1) is 0 Å². The highest BCUT2D eigenvalue weighted by Crippen LogP contribution is 1.95. The summed E-state index contributed by atoms with van der Waals surface area (Å²) in [7, 11) is 0. The van der Waals surface area contributed by atoms with E-state index in [1.165, 1.54) is 0 Å². The van der Waals surface area contributed by atoms with Gasteiger partial charge in [0.2, 0.25) is 0 Å². The molecule has 0 rings (SSSR count). The van der Waals surface area contributed by atoms with Crippen molar-refractivity contribution in [2.24, 2.45) is 0 Å². The second-order valence-electron chi connectivity index (χ2n) is 1.88. The molecule has 0 aromatic heterocycles. The van der Waals surface area contributed by atoms with E-state index in [4.69, 9.17) is 0 Å². The van der Waals surface area contributed by atoms with Gasteiger partial charge in [-0.1, -0.05) is 30.9 Å². The molecule has 0 saturated heterocycles. The molecule has 0 atom stereocenters. The summed E-state index contributed by atoms with van der Waals surface area (Å²) in [5.74, 6) is 0. The van der Waals surface area contributed by atoms with Gasteiger partial charge in [0.1, 0.15) is 6.61 Å². The lowest BCUT2D eigenvalue weighted by Gasteiger charge is -1.96. The van der Waals surface area contributed by atoms with Crippen LogP contribution in [0.2, 0.25) is 0 Å². The Kier molecular flexibility index (Phi) is 5.99. The molecule has 0 aliphatic rings. The fourth-order valence-corrected chi connectivity index (χ4v) is 0.525. The largest absolute Gasteiger partial charge is 0.463 e. The molecule has 0 amide bonds. The van der Waals surface area contributed by atoms with Crippen molar-refractivity contribution >= 4 is 6.47 Å². The number of hydrogen-bond donors (Lipinski definition) is 0. The van der Waals surface area contributed by atoms with Gasteiger partial charge in [-0.2, -0.15) is 0 Å². The van der Waals surface area contributed by atoms with Gasteiger partial charge < -0.3 is 4.74 Å². The third-order valence-corrected chi connectivity index (χ3v) is 1.08. The number of carbonyl (C=O) groups excluding carboxylic acids is 1. The molecule has 60 valence electrons. The van der Waals surface area contributed by atoms with Gasteiger partial charge in [-0.3, -0.25) is 4.79 Å². The van der Waals surface area contributed by atoms with Crippen LogP contribution in [0.1, 0.15) is 6.92 Å². The van der Waals surface area contributed by atoms with Gasteiger partial charge in [0.25, 0.3) is 6.47 Å². The lowest BCUT2D eigenvalue weighted by atomic mass is 10.2. The van der Waals surface area contributed by atoms with Gasteiger partial charge in [-0.25, -0.2) is 0 Å². The fraction of sp³-hybridized carbons (Fsp3) is 0.222. The first-order valence-corrected chi connectivity index (χ1v) is 3.34. The first kappa shape index (κ1) is 9.69. The highest BCUT2D eigenvalue weighted by molar-refractivity contribution is 5.38. The summed E-state index contributed by atoms with van der Waals surface area (Å²) < 4.78 is 4.53. The molecule has 0 fully saturated rings. The summed E-state index contributed by atoms with van der Waals surface area (Å²) in [6.07, 6.45) is 7.26. The van der Waals surface area contributed by atoms with E-state index >= 15 is 0 Å². The van der Waals surface area contributed by atoms with Gasteiger partial charge in [0.05, 0.1) is 0 Å². The second-order valence-corrected chi connectivity index (χ2v) is 1.88. The number of carbonyl (C=O) groups is 1. The molecule has 0 unspecified atom stereocenters. The average Bonchev–Trinajstić information content (AvgIpc) is 2.05. The molecule has 0 aromatic rings. The highest BCUT2D eigenvalue weighted by atomic mass is 16.5.